The van der Waals surface area contributed by atoms with E-state index in [0.29, 0.717) is 0 Å². The van der Waals surface area contributed by atoms with Gasteiger partial charge >= 0.3 is 0 Å². The fourth-order valence-electron chi connectivity index (χ4n) is 8.62. The van der Waals surface area contributed by atoms with Crippen molar-refractivity contribution in [3.8, 4) is 22.3 Å². The maximum absolute atomic E-state index is 2.50. The molecular formula is C47H33N. The largest absolute Gasteiger partial charge is 0.310 e. The van der Waals surface area contributed by atoms with E-state index in [1.54, 1.807) is 0 Å². The summed E-state index contributed by atoms with van der Waals surface area (Å²) in [6.07, 6.45) is 0. The van der Waals surface area contributed by atoms with Crippen molar-refractivity contribution in [3.05, 3.63) is 197 Å². The lowest BCUT2D eigenvalue weighted by Crippen LogP contribution is -2.26. The number of hydrogen-bond donors (Lipinski definition) is 0. The molecule has 226 valence electrons. The predicted octanol–water partition coefficient (Wildman–Crippen LogP) is 12.4. The minimum Gasteiger partial charge on any atom is -0.310 e. The molecule has 0 amide bonds. The fraction of sp³-hybridized carbons (Fsp3) is 0.0638. The third-order valence-electron chi connectivity index (χ3n) is 10.8. The number of aryl methyl sites for hydroxylation is 2. The second-order valence-corrected chi connectivity index (χ2v) is 13.5. The zero-order chi connectivity index (χ0) is 32.0. The molecule has 8 aromatic rings. The Morgan fingerprint density at radius 2 is 0.938 bits per heavy atom. The summed E-state index contributed by atoms with van der Waals surface area (Å²) < 4.78 is 0. The highest BCUT2D eigenvalue weighted by molar-refractivity contribution is 6.06. The Kier molecular flexibility index (Phi) is 5.69. The molecule has 0 saturated carbocycles. The number of nitrogens with zero attached hydrogens (tertiary/aromatic N) is 1. The van der Waals surface area contributed by atoms with Crippen LogP contribution in [0.2, 0.25) is 0 Å². The molecule has 0 aromatic heterocycles. The minimum absolute atomic E-state index is 0.406. The molecule has 0 radical (unpaired) electrons. The fourth-order valence-corrected chi connectivity index (χ4v) is 8.62. The maximum atomic E-state index is 2.50. The van der Waals surface area contributed by atoms with Crippen LogP contribution in [0, 0.1) is 13.8 Å². The second kappa shape index (κ2) is 10.0. The van der Waals surface area contributed by atoms with Crippen molar-refractivity contribution in [1.29, 1.82) is 0 Å². The standard InChI is InChI=1S/C47H33N/c1-30-15-21-35(22-16-30)48(36-23-17-31(2)18-24-36)37-25-19-33-28-42-41-26-20-32-9-3-4-10-38(32)46(41)47(45(42)29-34(33)27-37)43-13-7-5-11-39(43)40-12-6-8-14-44(40)47/h3-29H,1-2H3. The molecule has 0 aliphatic heterocycles. The molecule has 0 saturated heterocycles. The lowest BCUT2D eigenvalue weighted by Gasteiger charge is -2.31. The van der Waals surface area contributed by atoms with E-state index in [-0.39, 0.29) is 0 Å². The highest BCUT2D eigenvalue weighted by Crippen LogP contribution is 2.64. The van der Waals surface area contributed by atoms with Gasteiger partial charge in [0.05, 0.1) is 5.41 Å². The highest BCUT2D eigenvalue weighted by atomic mass is 15.1. The monoisotopic (exact) mass is 611 g/mol. The lowest BCUT2D eigenvalue weighted by molar-refractivity contribution is 0.802. The molecule has 8 aromatic carbocycles. The van der Waals surface area contributed by atoms with Gasteiger partial charge in [0.25, 0.3) is 0 Å². The first-order valence-electron chi connectivity index (χ1n) is 16.8. The summed E-state index contributed by atoms with van der Waals surface area (Å²) in [6, 6.07) is 61.4. The van der Waals surface area contributed by atoms with Crippen molar-refractivity contribution < 1.29 is 0 Å². The molecule has 0 fully saturated rings. The van der Waals surface area contributed by atoms with Crippen LogP contribution in [0.1, 0.15) is 33.4 Å². The predicted molar refractivity (Wildman–Crippen MR) is 202 cm³/mol. The van der Waals surface area contributed by atoms with Gasteiger partial charge < -0.3 is 4.90 Å². The van der Waals surface area contributed by atoms with Gasteiger partial charge in [0.2, 0.25) is 0 Å². The molecule has 1 spiro atoms. The van der Waals surface area contributed by atoms with Gasteiger partial charge in [0, 0.05) is 17.1 Å². The topological polar surface area (TPSA) is 3.24 Å². The first kappa shape index (κ1) is 27.2. The van der Waals surface area contributed by atoms with Gasteiger partial charge in [-0.15, -0.1) is 0 Å². The summed E-state index contributed by atoms with van der Waals surface area (Å²) in [5.74, 6) is 0. The summed E-state index contributed by atoms with van der Waals surface area (Å²) in [7, 11) is 0. The first-order valence-corrected chi connectivity index (χ1v) is 16.8. The number of benzene rings is 8. The van der Waals surface area contributed by atoms with Crippen LogP contribution in [0.5, 0.6) is 0 Å². The summed E-state index contributed by atoms with van der Waals surface area (Å²) in [4.78, 5) is 2.38. The van der Waals surface area contributed by atoms with Gasteiger partial charge in [-0.3, -0.25) is 0 Å². The van der Waals surface area contributed by atoms with E-state index in [0.717, 1.165) is 17.1 Å². The van der Waals surface area contributed by atoms with Crippen molar-refractivity contribution in [1.82, 2.24) is 0 Å². The van der Waals surface area contributed by atoms with E-state index >= 15 is 0 Å². The molecular weight excluding hydrogens is 579 g/mol. The van der Waals surface area contributed by atoms with Crippen LogP contribution in [0.4, 0.5) is 17.1 Å². The third kappa shape index (κ3) is 3.67. The maximum Gasteiger partial charge on any atom is 0.0731 e. The van der Waals surface area contributed by atoms with Crippen LogP contribution in [0.3, 0.4) is 0 Å². The molecule has 2 aliphatic rings. The molecule has 0 atom stereocenters. The van der Waals surface area contributed by atoms with E-state index < -0.39 is 5.41 Å². The van der Waals surface area contributed by atoms with E-state index in [2.05, 4.69) is 183 Å². The van der Waals surface area contributed by atoms with Crippen LogP contribution in [-0.2, 0) is 5.41 Å². The van der Waals surface area contributed by atoms with Crippen LogP contribution in [0.25, 0.3) is 43.8 Å². The van der Waals surface area contributed by atoms with Crippen LogP contribution in [-0.4, -0.2) is 0 Å². The van der Waals surface area contributed by atoms with Crippen LogP contribution < -0.4 is 4.90 Å². The molecule has 1 nitrogen and oxygen atoms in total. The van der Waals surface area contributed by atoms with E-state index in [4.69, 9.17) is 0 Å². The Labute approximate surface area is 281 Å². The van der Waals surface area contributed by atoms with Gasteiger partial charge in [0.1, 0.15) is 0 Å². The van der Waals surface area contributed by atoms with Gasteiger partial charge in [-0.2, -0.15) is 0 Å². The zero-order valence-electron chi connectivity index (χ0n) is 27.0. The van der Waals surface area contributed by atoms with E-state index in [1.165, 1.54) is 77.2 Å². The van der Waals surface area contributed by atoms with Crippen molar-refractivity contribution in [2.75, 3.05) is 4.90 Å². The van der Waals surface area contributed by atoms with Gasteiger partial charge in [-0.05, 0) is 128 Å². The lowest BCUT2D eigenvalue weighted by atomic mass is 9.69. The molecule has 0 N–H and O–H groups in total. The molecule has 1 heteroatoms. The van der Waals surface area contributed by atoms with Gasteiger partial charge in [-0.1, -0.05) is 126 Å². The smallest absolute Gasteiger partial charge is 0.0731 e. The minimum atomic E-state index is -0.406. The summed E-state index contributed by atoms with van der Waals surface area (Å²) in [6.45, 7) is 4.29. The van der Waals surface area contributed by atoms with E-state index in [9.17, 15) is 0 Å². The average molecular weight is 612 g/mol. The van der Waals surface area contributed by atoms with Crippen molar-refractivity contribution in [2.45, 2.75) is 19.3 Å². The molecule has 2 aliphatic carbocycles. The number of rotatable bonds is 3. The summed E-state index contributed by atoms with van der Waals surface area (Å²) in [5, 5.41) is 5.10. The highest BCUT2D eigenvalue weighted by Gasteiger charge is 2.52. The van der Waals surface area contributed by atoms with Gasteiger partial charge in [-0.25, -0.2) is 0 Å². The normalized spacial score (nSPS) is 13.4. The SMILES string of the molecule is Cc1ccc(N(c2ccc(C)cc2)c2ccc3cc4c(cc3c2)C2(c3ccccc3-c3ccccc32)c2c-4ccc3ccccc23)cc1. The second-order valence-electron chi connectivity index (χ2n) is 13.5. The van der Waals surface area contributed by atoms with Crippen LogP contribution in [0.15, 0.2) is 164 Å². The zero-order valence-corrected chi connectivity index (χ0v) is 27.0. The number of fused-ring (bicyclic) bond motifs is 13. The molecule has 0 bridgehead atoms. The molecule has 0 unspecified atom stereocenters. The van der Waals surface area contributed by atoms with Crippen molar-refractivity contribution in [3.63, 3.8) is 0 Å². The Morgan fingerprint density at radius 3 is 1.60 bits per heavy atom. The van der Waals surface area contributed by atoms with Gasteiger partial charge in [0.15, 0.2) is 0 Å². The van der Waals surface area contributed by atoms with Crippen LogP contribution >= 0.6 is 0 Å². The Hall–Kier alpha value is -5.92. The molecule has 0 heterocycles. The average Bonchev–Trinajstić information content (AvgIpc) is 3.59. The Bertz CT molecular complexity index is 2480. The molecule has 10 rings (SSSR count). The van der Waals surface area contributed by atoms with E-state index in [1.807, 2.05) is 0 Å². The third-order valence-corrected chi connectivity index (χ3v) is 10.8. The first-order chi connectivity index (χ1) is 23.6. The summed E-state index contributed by atoms with van der Waals surface area (Å²) in [5.41, 5.74) is 16.4. The quantitative estimate of drug-likeness (QED) is 0.192. The summed E-state index contributed by atoms with van der Waals surface area (Å²) >= 11 is 0. The number of anilines is 3. The number of hydrogen-bond acceptors (Lipinski definition) is 1. The molecule has 48 heavy (non-hydrogen) atoms. The van der Waals surface area contributed by atoms with Crippen molar-refractivity contribution in [2.24, 2.45) is 0 Å². The Balaban J connectivity index is 1.28. The Morgan fingerprint density at radius 1 is 0.375 bits per heavy atom. The van der Waals surface area contributed by atoms with Crippen molar-refractivity contribution >= 4 is 38.6 Å².